The molecule has 4 rings (SSSR count). The van der Waals surface area contributed by atoms with Gasteiger partial charge in [0.25, 0.3) is 5.91 Å². The third-order valence-electron chi connectivity index (χ3n) is 4.94. The number of amides is 2. The summed E-state index contributed by atoms with van der Waals surface area (Å²) >= 11 is 0. The number of halogens is 1. The second-order valence-electron chi connectivity index (χ2n) is 6.86. The van der Waals surface area contributed by atoms with Crippen LogP contribution in [0.15, 0.2) is 66.7 Å². The molecule has 1 aliphatic rings. The smallest absolute Gasteiger partial charge is 0.255 e. The van der Waals surface area contributed by atoms with Crippen molar-refractivity contribution in [3.05, 3.63) is 89.2 Å². The molecule has 3 aromatic rings. The number of hydrogen-bond donors (Lipinski definition) is 2. The Balaban J connectivity index is 1.50. The number of anilines is 2. The van der Waals surface area contributed by atoms with Crippen LogP contribution in [0, 0.1) is 5.82 Å². The monoisotopic (exact) mass is 390 g/mol. The first-order valence-electron chi connectivity index (χ1n) is 9.18. The summed E-state index contributed by atoms with van der Waals surface area (Å²) in [4.78, 5) is 24.8. The lowest BCUT2D eigenvalue weighted by Gasteiger charge is -2.11. The van der Waals surface area contributed by atoms with Crippen LogP contribution in [0.2, 0.25) is 0 Å². The van der Waals surface area contributed by atoms with Crippen molar-refractivity contribution >= 4 is 23.2 Å². The van der Waals surface area contributed by atoms with E-state index in [0.717, 1.165) is 5.56 Å². The molecule has 0 unspecified atom stereocenters. The number of fused-ring (bicyclic) bond motifs is 1. The number of methoxy groups -OCH3 is 1. The Hall–Kier alpha value is -3.67. The molecule has 1 atom stereocenters. The van der Waals surface area contributed by atoms with Crippen molar-refractivity contribution in [3.8, 4) is 5.75 Å². The summed E-state index contributed by atoms with van der Waals surface area (Å²) in [5.41, 5.74) is 3.31. The normalized spacial score (nSPS) is 14.8. The average molecular weight is 390 g/mol. The van der Waals surface area contributed by atoms with Gasteiger partial charge in [-0.05, 0) is 72.1 Å². The molecule has 0 spiro atoms. The molecule has 0 aliphatic carbocycles. The molecule has 2 N–H and O–H groups in total. The van der Waals surface area contributed by atoms with Crippen molar-refractivity contribution in [3.63, 3.8) is 0 Å². The first-order chi connectivity index (χ1) is 14.0. The molecule has 0 bridgehead atoms. The Labute approximate surface area is 167 Å². The summed E-state index contributed by atoms with van der Waals surface area (Å²) < 4.78 is 18.7. The zero-order valence-electron chi connectivity index (χ0n) is 15.7. The van der Waals surface area contributed by atoms with E-state index in [4.69, 9.17) is 4.74 Å². The van der Waals surface area contributed by atoms with Gasteiger partial charge in [0, 0.05) is 16.9 Å². The van der Waals surface area contributed by atoms with Crippen LogP contribution in [0.25, 0.3) is 0 Å². The summed E-state index contributed by atoms with van der Waals surface area (Å²) in [5, 5.41) is 5.65. The summed E-state index contributed by atoms with van der Waals surface area (Å²) in [5.74, 6) is -0.553. The summed E-state index contributed by atoms with van der Waals surface area (Å²) in [6, 6.07) is 18.4. The van der Waals surface area contributed by atoms with Crippen molar-refractivity contribution in [1.82, 2.24) is 0 Å². The summed E-state index contributed by atoms with van der Waals surface area (Å²) in [7, 11) is 1.57. The number of benzene rings is 3. The van der Waals surface area contributed by atoms with Crippen LogP contribution >= 0.6 is 0 Å². The van der Waals surface area contributed by atoms with E-state index in [9.17, 15) is 14.0 Å². The molecular weight excluding hydrogens is 371 g/mol. The molecule has 0 aromatic heterocycles. The van der Waals surface area contributed by atoms with E-state index in [1.165, 1.54) is 12.1 Å². The van der Waals surface area contributed by atoms with Crippen molar-refractivity contribution in [2.45, 2.75) is 12.3 Å². The Bertz CT molecular complexity index is 1080. The second kappa shape index (κ2) is 7.75. The lowest BCUT2D eigenvalue weighted by Crippen LogP contribution is -2.15. The molecule has 5 nitrogen and oxygen atoms in total. The second-order valence-corrected chi connectivity index (χ2v) is 6.86. The van der Waals surface area contributed by atoms with E-state index in [1.807, 2.05) is 18.2 Å². The van der Waals surface area contributed by atoms with Crippen LogP contribution in [0.4, 0.5) is 15.8 Å². The fourth-order valence-corrected chi connectivity index (χ4v) is 3.46. The van der Waals surface area contributed by atoms with Gasteiger partial charge in [-0.3, -0.25) is 9.59 Å². The first-order valence-corrected chi connectivity index (χ1v) is 9.18. The third-order valence-corrected chi connectivity index (χ3v) is 4.94. The molecule has 146 valence electrons. The van der Waals surface area contributed by atoms with Gasteiger partial charge in [0.2, 0.25) is 5.91 Å². The Morgan fingerprint density at radius 1 is 1.10 bits per heavy atom. The van der Waals surface area contributed by atoms with Crippen LogP contribution in [-0.4, -0.2) is 18.9 Å². The largest absolute Gasteiger partial charge is 0.497 e. The van der Waals surface area contributed by atoms with Gasteiger partial charge in [-0.2, -0.15) is 0 Å². The molecular formula is C23H19FN2O3. The highest BCUT2D eigenvalue weighted by molar-refractivity contribution is 6.04. The minimum Gasteiger partial charge on any atom is -0.497 e. The Kier molecular flexibility index (Phi) is 4.99. The fraction of sp³-hybridized carbons (Fsp3) is 0.130. The summed E-state index contributed by atoms with van der Waals surface area (Å²) in [6.45, 7) is 0. The number of hydrogen-bond acceptors (Lipinski definition) is 3. The van der Waals surface area contributed by atoms with Crippen molar-refractivity contribution < 1.29 is 18.7 Å². The van der Waals surface area contributed by atoms with Gasteiger partial charge in [-0.15, -0.1) is 0 Å². The molecule has 29 heavy (non-hydrogen) atoms. The van der Waals surface area contributed by atoms with E-state index < -0.39 is 5.92 Å². The average Bonchev–Trinajstić information content (AvgIpc) is 3.03. The highest BCUT2D eigenvalue weighted by Gasteiger charge is 2.30. The predicted molar refractivity (Wildman–Crippen MR) is 109 cm³/mol. The van der Waals surface area contributed by atoms with Crippen LogP contribution in [0.1, 0.15) is 27.4 Å². The van der Waals surface area contributed by atoms with Gasteiger partial charge in [0.15, 0.2) is 0 Å². The van der Waals surface area contributed by atoms with Gasteiger partial charge >= 0.3 is 0 Å². The third kappa shape index (κ3) is 3.96. The first kappa shape index (κ1) is 18.7. The number of rotatable bonds is 5. The Morgan fingerprint density at radius 3 is 2.66 bits per heavy atom. The van der Waals surface area contributed by atoms with Crippen LogP contribution in [0.3, 0.4) is 0 Å². The molecule has 3 aromatic carbocycles. The van der Waals surface area contributed by atoms with Gasteiger partial charge in [0.1, 0.15) is 11.6 Å². The van der Waals surface area contributed by atoms with E-state index >= 15 is 0 Å². The lowest BCUT2D eigenvalue weighted by molar-refractivity contribution is -0.117. The van der Waals surface area contributed by atoms with Gasteiger partial charge in [-0.25, -0.2) is 4.39 Å². The SMILES string of the molecule is COc1ccc(C(=O)Nc2cccc(C[C@H]3C(=O)Nc4ccc(F)cc43)c2)cc1. The lowest BCUT2D eigenvalue weighted by atomic mass is 9.93. The van der Waals surface area contributed by atoms with Crippen LogP contribution in [0.5, 0.6) is 5.75 Å². The van der Waals surface area contributed by atoms with Crippen LogP contribution < -0.4 is 15.4 Å². The highest BCUT2D eigenvalue weighted by atomic mass is 19.1. The van der Waals surface area contributed by atoms with E-state index in [2.05, 4.69) is 10.6 Å². The van der Waals surface area contributed by atoms with Crippen molar-refractivity contribution in [1.29, 1.82) is 0 Å². The minimum absolute atomic E-state index is 0.154. The Morgan fingerprint density at radius 2 is 1.90 bits per heavy atom. The topological polar surface area (TPSA) is 67.4 Å². The predicted octanol–water partition coefficient (Wildman–Crippen LogP) is 4.37. The van der Waals surface area contributed by atoms with Gasteiger partial charge in [-0.1, -0.05) is 12.1 Å². The maximum atomic E-state index is 13.6. The maximum Gasteiger partial charge on any atom is 0.255 e. The molecule has 1 heterocycles. The molecule has 0 saturated carbocycles. The molecule has 2 amide bonds. The maximum absolute atomic E-state index is 13.6. The van der Waals surface area contributed by atoms with Gasteiger partial charge < -0.3 is 15.4 Å². The number of carbonyl (C=O) groups is 2. The molecule has 0 saturated heterocycles. The minimum atomic E-state index is -0.465. The van der Waals surface area contributed by atoms with E-state index in [1.54, 1.807) is 43.5 Å². The highest BCUT2D eigenvalue weighted by Crippen LogP contribution is 2.35. The molecule has 6 heteroatoms. The zero-order valence-corrected chi connectivity index (χ0v) is 15.7. The fourth-order valence-electron chi connectivity index (χ4n) is 3.46. The van der Waals surface area contributed by atoms with E-state index in [0.29, 0.717) is 34.7 Å². The molecule has 0 radical (unpaired) electrons. The van der Waals surface area contributed by atoms with E-state index in [-0.39, 0.29) is 17.6 Å². The van der Waals surface area contributed by atoms with Crippen molar-refractivity contribution in [2.24, 2.45) is 0 Å². The number of carbonyl (C=O) groups excluding carboxylic acids is 2. The molecule has 0 fully saturated rings. The van der Waals surface area contributed by atoms with Crippen LogP contribution in [-0.2, 0) is 11.2 Å². The number of ether oxygens (including phenoxy) is 1. The molecule has 1 aliphatic heterocycles. The van der Waals surface area contributed by atoms with Gasteiger partial charge in [0.05, 0.1) is 13.0 Å². The quantitative estimate of drug-likeness (QED) is 0.680. The number of nitrogens with one attached hydrogen (secondary N) is 2. The zero-order chi connectivity index (χ0) is 20.4. The summed E-state index contributed by atoms with van der Waals surface area (Å²) in [6.07, 6.45) is 0.411. The standard InChI is InChI=1S/C23H19FN2O3/c1-29-18-8-5-15(6-9-18)22(27)25-17-4-2-3-14(11-17)12-20-19-13-16(24)7-10-21(19)26-23(20)28/h2-11,13,20H,12H2,1H3,(H,25,27)(H,26,28)/t20-/m1/s1. The van der Waals surface area contributed by atoms with Crippen molar-refractivity contribution in [2.75, 3.05) is 17.7 Å².